The number of hydrogen-bond donors (Lipinski definition) is 2. The number of aromatic nitrogens is 1. The minimum absolute atomic E-state index is 0.351. The fourth-order valence-corrected chi connectivity index (χ4v) is 2.79. The van der Waals surface area contributed by atoms with Crippen molar-refractivity contribution >= 4 is 11.8 Å². The first-order valence-corrected chi connectivity index (χ1v) is 7.16. The van der Waals surface area contributed by atoms with Gasteiger partial charge in [0, 0.05) is 6.20 Å². The number of rotatable bonds is 2. The quantitative estimate of drug-likeness (QED) is 0.877. The van der Waals surface area contributed by atoms with E-state index in [1.54, 1.807) is 6.20 Å². The molecule has 0 radical (unpaired) electrons. The molecule has 6 heteroatoms. The van der Waals surface area contributed by atoms with Gasteiger partial charge in [-0.05, 0) is 41.8 Å². The maximum absolute atomic E-state index is 12.6. The predicted octanol–water partition coefficient (Wildman–Crippen LogP) is 1.29. The van der Waals surface area contributed by atoms with Crippen LogP contribution in [-0.2, 0) is 12.6 Å². The predicted molar refractivity (Wildman–Crippen MR) is 82.2 cm³/mol. The largest absolute Gasteiger partial charge is 0.416 e. The second-order valence-electron chi connectivity index (χ2n) is 5.79. The molecule has 0 aliphatic heterocycles. The van der Waals surface area contributed by atoms with Gasteiger partial charge in [-0.15, -0.1) is 0 Å². The van der Waals surface area contributed by atoms with E-state index in [0.29, 0.717) is 29.5 Å². The van der Waals surface area contributed by atoms with Gasteiger partial charge >= 0.3 is 6.18 Å². The van der Waals surface area contributed by atoms with Crippen molar-refractivity contribution in [3.63, 3.8) is 0 Å². The molecule has 1 unspecified atom stereocenters. The number of fused-ring (bicyclic) bond motifs is 1. The molecule has 1 aromatic heterocycles. The van der Waals surface area contributed by atoms with Crippen LogP contribution in [0.4, 0.5) is 13.2 Å². The lowest BCUT2D eigenvalue weighted by Crippen LogP contribution is -2.54. The standard InChI is InChI=1S/C17H16F3N3/c18-17(19,20)13-5-3-11(4-6-13)10-16(22)8-7-12-2-1-9-23-14(12)15(16)21/h1-7,9H,8,10,21-22H2. The lowest BCUT2D eigenvalue weighted by molar-refractivity contribution is -0.137. The highest BCUT2D eigenvalue weighted by molar-refractivity contribution is 5.58. The van der Waals surface area contributed by atoms with Gasteiger partial charge in [-0.1, -0.05) is 24.3 Å². The highest BCUT2D eigenvalue weighted by Gasteiger charge is 2.32. The van der Waals surface area contributed by atoms with Crippen LogP contribution >= 0.6 is 0 Å². The Hall–Kier alpha value is -2.34. The fourth-order valence-electron chi connectivity index (χ4n) is 2.79. The average Bonchev–Trinajstić information content (AvgIpc) is 2.51. The van der Waals surface area contributed by atoms with Gasteiger partial charge < -0.3 is 11.5 Å². The van der Waals surface area contributed by atoms with Gasteiger partial charge in [-0.2, -0.15) is 13.2 Å². The third-order valence-electron chi connectivity index (χ3n) is 4.12. The van der Waals surface area contributed by atoms with E-state index in [-0.39, 0.29) is 0 Å². The van der Waals surface area contributed by atoms with Gasteiger partial charge in [-0.3, -0.25) is 4.98 Å². The Bertz CT molecular complexity index is 841. The molecule has 1 atom stereocenters. The molecule has 120 valence electrons. The first-order chi connectivity index (χ1) is 10.8. The van der Waals surface area contributed by atoms with Crippen molar-refractivity contribution in [1.82, 2.24) is 4.98 Å². The Labute approximate surface area is 131 Å². The topological polar surface area (TPSA) is 64.9 Å². The number of nitrogens with two attached hydrogens (primary N) is 2. The number of pyridine rings is 1. The first kappa shape index (κ1) is 15.6. The van der Waals surface area contributed by atoms with Crippen molar-refractivity contribution in [3.05, 3.63) is 64.3 Å². The molecule has 0 bridgehead atoms. The van der Waals surface area contributed by atoms with Crippen LogP contribution in [0.2, 0.25) is 0 Å². The number of alkyl halides is 3. The molecule has 0 saturated carbocycles. The van der Waals surface area contributed by atoms with Crippen LogP contribution in [0.15, 0.2) is 42.6 Å². The molecule has 3 rings (SSSR count). The molecule has 1 heterocycles. The van der Waals surface area contributed by atoms with Gasteiger partial charge in [0.15, 0.2) is 0 Å². The van der Waals surface area contributed by atoms with Crippen molar-refractivity contribution < 1.29 is 13.2 Å². The summed E-state index contributed by atoms with van der Waals surface area (Å²) in [7, 11) is 0. The van der Waals surface area contributed by atoms with Crippen LogP contribution in [0, 0.1) is 0 Å². The summed E-state index contributed by atoms with van der Waals surface area (Å²) in [6, 6.07) is 8.74. The normalized spacial score (nSPS) is 20.8. The van der Waals surface area contributed by atoms with E-state index < -0.39 is 17.3 Å². The summed E-state index contributed by atoms with van der Waals surface area (Å²) in [5, 5.41) is 1.58. The summed E-state index contributed by atoms with van der Waals surface area (Å²) in [5.74, 6) is 0. The summed E-state index contributed by atoms with van der Waals surface area (Å²) in [6.45, 7) is 0. The van der Waals surface area contributed by atoms with Crippen molar-refractivity contribution in [3.8, 4) is 0 Å². The molecular formula is C17H16F3N3. The highest BCUT2D eigenvalue weighted by Crippen LogP contribution is 2.30. The van der Waals surface area contributed by atoms with Crippen LogP contribution in [-0.4, -0.2) is 10.5 Å². The summed E-state index contributed by atoms with van der Waals surface area (Å²) in [6.07, 6.45) is 0.125. The Kier molecular flexibility index (Phi) is 3.64. The molecular weight excluding hydrogens is 303 g/mol. The van der Waals surface area contributed by atoms with Crippen LogP contribution < -0.4 is 22.0 Å². The second kappa shape index (κ2) is 5.38. The van der Waals surface area contributed by atoms with Gasteiger partial charge in [0.1, 0.15) is 0 Å². The molecule has 0 spiro atoms. The molecule has 1 aromatic carbocycles. The summed E-state index contributed by atoms with van der Waals surface area (Å²) in [4.78, 5) is 4.26. The summed E-state index contributed by atoms with van der Waals surface area (Å²) >= 11 is 0. The SMILES string of the molecule is NC1=c2ncccc2=CCC1(N)Cc1ccc(C(F)(F)F)cc1. The molecule has 23 heavy (non-hydrogen) atoms. The maximum atomic E-state index is 12.6. The van der Waals surface area contributed by atoms with E-state index in [2.05, 4.69) is 4.98 Å². The maximum Gasteiger partial charge on any atom is 0.416 e. The minimum atomic E-state index is -4.34. The summed E-state index contributed by atoms with van der Waals surface area (Å²) < 4.78 is 37.9. The minimum Gasteiger partial charge on any atom is -0.399 e. The van der Waals surface area contributed by atoms with E-state index in [9.17, 15) is 13.2 Å². The first-order valence-electron chi connectivity index (χ1n) is 7.16. The monoisotopic (exact) mass is 319 g/mol. The van der Waals surface area contributed by atoms with E-state index in [1.807, 2.05) is 18.2 Å². The molecule has 3 nitrogen and oxygen atoms in total. The number of benzene rings is 1. The summed E-state index contributed by atoms with van der Waals surface area (Å²) in [5.41, 5.74) is 12.3. The lowest BCUT2D eigenvalue weighted by atomic mass is 9.82. The van der Waals surface area contributed by atoms with Crippen LogP contribution in [0.1, 0.15) is 17.5 Å². The van der Waals surface area contributed by atoms with Crippen LogP contribution in [0.3, 0.4) is 0 Å². The third kappa shape index (κ3) is 2.94. The fraction of sp³-hybridized carbons (Fsp3) is 0.235. The van der Waals surface area contributed by atoms with Crippen molar-refractivity contribution in [2.24, 2.45) is 11.5 Å². The lowest BCUT2D eigenvalue weighted by Gasteiger charge is -2.31. The molecule has 4 N–H and O–H groups in total. The molecule has 0 saturated heterocycles. The van der Waals surface area contributed by atoms with Gasteiger partial charge in [0.2, 0.25) is 0 Å². The Balaban J connectivity index is 1.93. The zero-order chi connectivity index (χ0) is 16.7. The van der Waals surface area contributed by atoms with Gasteiger partial charge in [0.25, 0.3) is 0 Å². The zero-order valence-electron chi connectivity index (χ0n) is 12.3. The molecule has 2 aromatic rings. The average molecular weight is 319 g/mol. The Morgan fingerprint density at radius 2 is 1.83 bits per heavy atom. The van der Waals surface area contributed by atoms with E-state index in [4.69, 9.17) is 11.5 Å². The highest BCUT2D eigenvalue weighted by atomic mass is 19.4. The van der Waals surface area contributed by atoms with Crippen molar-refractivity contribution in [2.75, 3.05) is 0 Å². The Morgan fingerprint density at radius 1 is 1.13 bits per heavy atom. The number of halogens is 3. The third-order valence-corrected chi connectivity index (χ3v) is 4.12. The number of nitrogens with zero attached hydrogens (tertiary/aromatic N) is 1. The van der Waals surface area contributed by atoms with Crippen molar-refractivity contribution in [1.29, 1.82) is 0 Å². The second-order valence-corrected chi connectivity index (χ2v) is 5.79. The number of hydrogen-bond acceptors (Lipinski definition) is 3. The molecule has 1 aliphatic carbocycles. The van der Waals surface area contributed by atoms with Crippen molar-refractivity contribution in [2.45, 2.75) is 24.6 Å². The van der Waals surface area contributed by atoms with E-state index >= 15 is 0 Å². The van der Waals surface area contributed by atoms with Crippen LogP contribution in [0.5, 0.6) is 0 Å². The Morgan fingerprint density at radius 3 is 2.48 bits per heavy atom. The van der Waals surface area contributed by atoms with Gasteiger partial charge in [0.05, 0.1) is 22.1 Å². The smallest absolute Gasteiger partial charge is 0.399 e. The molecule has 0 fully saturated rings. The molecule has 1 aliphatic rings. The van der Waals surface area contributed by atoms with Gasteiger partial charge in [-0.25, -0.2) is 0 Å². The molecule has 0 amide bonds. The van der Waals surface area contributed by atoms with E-state index in [0.717, 1.165) is 17.4 Å². The van der Waals surface area contributed by atoms with E-state index in [1.165, 1.54) is 12.1 Å². The van der Waals surface area contributed by atoms with Crippen LogP contribution in [0.25, 0.3) is 11.8 Å². The zero-order valence-corrected chi connectivity index (χ0v) is 12.3.